The molecule has 1 spiro atoms. The summed E-state index contributed by atoms with van der Waals surface area (Å²) in [6.07, 6.45) is 4.88. The predicted octanol–water partition coefficient (Wildman–Crippen LogP) is 3.36. The van der Waals surface area contributed by atoms with Gasteiger partial charge in [-0.1, -0.05) is 18.2 Å². The molecule has 5 aliphatic rings. The summed E-state index contributed by atoms with van der Waals surface area (Å²) < 4.78 is 19.6. The molecule has 3 fully saturated rings. The van der Waals surface area contributed by atoms with E-state index in [2.05, 4.69) is 4.90 Å². The van der Waals surface area contributed by atoms with E-state index in [1.807, 2.05) is 6.07 Å². The SMILES string of the molecule is O=C1/C(=C\c2ccc(F)cc2)C[C@@]2(O)C3Cc4ccc(O)c5c4C2(CCN3CC2CC2)[C@H]1O5. The molecule has 5 nitrogen and oxygen atoms in total. The number of halogens is 1. The van der Waals surface area contributed by atoms with E-state index in [-0.39, 0.29) is 29.8 Å². The van der Waals surface area contributed by atoms with Gasteiger partial charge in [-0.3, -0.25) is 9.69 Å². The number of ketones is 1. The summed E-state index contributed by atoms with van der Waals surface area (Å²) in [5.41, 5.74) is 1.09. The molecule has 1 saturated heterocycles. The van der Waals surface area contributed by atoms with Gasteiger partial charge in [0, 0.05) is 30.1 Å². The maximum Gasteiger partial charge on any atom is 0.200 e. The van der Waals surface area contributed by atoms with E-state index >= 15 is 0 Å². The van der Waals surface area contributed by atoms with Crippen LogP contribution in [0.3, 0.4) is 0 Å². The van der Waals surface area contributed by atoms with Crippen LogP contribution in [0.25, 0.3) is 6.08 Å². The summed E-state index contributed by atoms with van der Waals surface area (Å²) in [6.45, 7) is 1.78. The second-order valence-electron chi connectivity index (χ2n) is 10.5. The Morgan fingerprint density at radius 3 is 2.73 bits per heavy atom. The number of likely N-dealkylation sites (tertiary alicyclic amines) is 1. The van der Waals surface area contributed by atoms with Gasteiger partial charge in [0.1, 0.15) is 5.82 Å². The fourth-order valence-corrected chi connectivity index (χ4v) is 7.07. The van der Waals surface area contributed by atoms with Crippen LogP contribution in [0.2, 0.25) is 0 Å². The Morgan fingerprint density at radius 1 is 1.18 bits per heavy atom. The van der Waals surface area contributed by atoms with Crippen molar-refractivity contribution >= 4 is 11.9 Å². The third-order valence-corrected chi connectivity index (χ3v) is 8.74. The van der Waals surface area contributed by atoms with Crippen LogP contribution in [0.5, 0.6) is 11.5 Å². The highest BCUT2D eigenvalue weighted by Gasteiger charge is 2.74. The molecule has 4 atom stereocenters. The quantitative estimate of drug-likeness (QED) is 0.707. The zero-order valence-corrected chi connectivity index (χ0v) is 18.3. The molecule has 2 aromatic rings. The summed E-state index contributed by atoms with van der Waals surface area (Å²) in [6, 6.07) is 9.48. The first kappa shape index (κ1) is 19.7. The van der Waals surface area contributed by atoms with Crippen LogP contribution < -0.4 is 4.74 Å². The minimum absolute atomic E-state index is 0.0237. The topological polar surface area (TPSA) is 70.0 Å². The van der Waals surface area contributed by atoms with E-state index in [9.17, 15) is 19.4 Å². The van der Waals surface area contributed by atoms with Crippen molar-refractivity contribution in [3.05, 3.63) is 64.5 Å². The molecule has 0 amide bonds. The largest absolute Gasteiger partial charge is 0.504 e. The van der Waals surface area contributed by atoms with Crippen LogP contribution in [-0.2, 0) is 16.6 Å². The van der Waals surface area contributed by atoms with Crippen LogP contribution in [0.4, 0.5) is 4.39 Å². The van der Waals surface area contributed by atoms with Gasteiger partial charge in [0.05, 0.1) is 11.0 Å². The molecular weight excluding hydrogens is 421 g/mol. The number of ether oxygens (including phenoxy) is 1. The van der Waals surface area contributed by atoms with Gasteiger partial charge in [-0.15, -0.1) is 0 Å². The van der Waals surface area contributed by atoms with Crippen molar-refractivity contribution in [2.75, 3.05) is 13.1 Å². The number of hydrogen-bond donors (Lipinski definition) is 2. The van der Waals surface area contributed by atoms with Crippen molar-refractivity contribution in [3.8, 4) is 11.5 Å². The summed E-state index contributed by atoms with van der Waals surface area (Å²) in [4.78, 5) is 16.2. The lowest BCUT2D eigenvalue weighted by atomic mass is 9.48. The lowest BCUT2D eigenvalue weighted by Crippen LogP contribution is -2.77. The molecular formula is C27H26FNO4. The van der Waals surface area contributed by atoms with E-state index in [4.69, 9.17) is 4.74 Å². The number of phenols is 1. The standard InChI is InChI=1S/C27H26FNO4/c28-19-6-3-15(4-7-19)11-18-13-27(32)21-12-17-5-8-20(30)24-22(17)26(27,25(33-24)23(18)31)9-10-29(21)14-16-1-2-16/h3-8,11,16,21,25,30,32H,1-2,9-10,12-14H2/b18-11-/t21?,25-,26?,27+/m0/s1. The maximum atomic E-state index is 13.8. The number of Topliss-reactive ketones (excluding diaryl/α,β-unsaturated/α-hetero) is 1. The molecule has 7 rings (SSSR count). The average molecular weight is 448 g/mol. The number of hydrogen-bond acceptors (Lipinski definition) is 5. The Hall–Kier alpha value is -2.70. The van der Waals surface area contributed by atoms with Gasteiger partial charge in [-0.2, -0.15) is 0 Å². The van der Waals surface area contributed by atoms with Crippen molar-refractivity contribution in [2.24, 2.45) is 5.92 Å². The van der Waals surface area contributed by atoms with Crippen LogP contribution in [-0.4, -0.2) is 51.7 Å². The number of aliphatic hydroxyl groups is 1. The number of rotatable bonds is 3. The van der Waals surface area contributed by atoms with E-state index in [0.29, 0.717) is 35.6 Å². The first-order valence-corrected chi connectivity index (χ1v) is 11.9. The van der Waals surface area contributed by atoms with Crippen molar-refractivity contribution in [1.29, 1.82) is 0 Å². The van der Waals surface area contributed by atoms with Gasteiger partial charge in [0.15, 0.2) is 23.4 Å². The molecule has 2 aliphatic heterocycles. The number of aromatic hydroxyl groups is 1. The van der Waals surface area contributed by atoms with Crippen LogP contribution in [0.15, 0.2) is 42.0 Å². The van der Waals surface area contributed by atoms with Gasteiger partial charge in [0.25, 0.3) is 0 Å². The van der Waals surface area contributed by atoms with Gasteiger partial charge < -0.3 is 14.9 Å². The maximum absolute atomic E-state index is 13.8. The highest BCUT2D eigenvalue weighted by molar-refractivity contribution is 6.06. The molecule has 0 radical (unpaired) electrons. The second-order valence-corrected chi connectivity index (χ2v) is 10.5. The Labute approximate surface area is 191 Å². The van der Waals surface area contributed by atoms with Gasteiger partial charge in [-0.25, -0.2) is 4.39 Å². The summed E-state index contributed by atoms with van der Waals surface area (Å²) in [5, 5.41) is 23.2. The van der Waals surface area contributed by atoms with Crippen molar-refractivity contribution in [3.63, 3.8) is 0 Å². The molecule has 33 heavy (non-hydrogen) atoms. The number of phenolic OH excluding ortho intramolecular Hbond substituents is 1. The molecule has 2 saturated carbocycles. The normalized spacial score (nSPS) is 35.5. The van der Waals surface area contributed by atoms with Gasteiger partial charge in [-0.05, 0) is 73.5 Å². The lowest BCUT2D eigenvalue weighted by molar-refractivity contribution is -0.179. The minimum atomic E-state index is -1.18. The zero-order chi connectivity index (χ0) is 22.5. The molecule has 170 valence electrons. The van der Waals surface area contributed by atoms with Gasteiger partial charge in [0.2, 0.25) is 0 Å². The molecule has 2 N–H and O–H groups in total. The highest BCUT2D eigenvalue weighted by Crippen LogP contribution is 2.65. The number of piperidine rings is 1. The van der Waals surface area contributed by atoms with E-state index < -0.39 is 17.1 Å². The molecule has 2 unspecified atom stereocenters. The molecule has 3 aliphatic carbocycles. The first-order valence-electron chi connectivity index (χ1n) is 11.9. The number of carbonyl (C=O) groups is 1. The monoisotopic (exact) mass is 447 g/mol. The predicted molar refractivity (Wildman–Crippen MR) is 120 cm³/mol. The summed E-state index contributed by atoms with van der Waals surface area (Å²) in [5.74, 6) is 0.591. The second kappa shape index (κ2) is 6.45. The third kappa shape index (κ3) is 2.51. The molecule has 6 heteroatoms. The summed E-state index contributed by atoms with van der Waals surface area (Å²) in [7, 11) is 0. The lowest BCUT2D eigenvalue weighted by Gasteiger charge is -2.62. The fraction of sp³-hybridized carbons (Fsp3) is 0.444. The molecule has 0 aromatic heterocycles. The van der Waals surface area contributed by atoms with E-state index in [1.165, 1.54) is 25.0 Å². The number of nitrogens with zero attached hydrogens (tertiary/aromatic N) is 1. The smallest absolute Gasteiger partial charge is 0.200 e. The zero-order valence-electron chi connectivity index (χ0n) is 18.3. The minimum Gasteiger partial charge on any atom is -0.504 e. The van der Waals surface area contributed by atoms with Gasteiger partial charge >= 0.3 is 0 Å². The number of carbonyl (C=O) groups excluding carboxylic acids is 1. The molecule has 2 bridgehead atoms. The van der Waals surface area contributed by atoms with Crippen LogP contribution in [0, 0.1) is 11.7 Å². The molecule has 2 heterocycles. The van der Waals surface area contributed by atoms with Crippen LogP contribution in [0.1, 0.15) is 42.4 Å². The third-order valence-electron chi connectivity index (χ3n) is 8.74. The Balaban J connectivity index is 1.40. The number of benzene rings is 2. The van der Waals surface area contributed by atoms with Crippen molar-refractivity contribution in [1.82, 2.24) is 4.90 Å². The molecule has 2 aromatic carbocycles. The summed E-state index contributed by atoms with van der Waals surface area (Å²) >= 11 is 0. The Kier molecular flexibility index (Phi) is 3.86. The van der Waals surface area contributed by atoms with Crippen molar-refractivity contribution in [2.45, 2.75) is 55.3 Å². The fourth-order valence-electron chi connectivity index (χ4n) is 7.07. The van der Waals surface area contributed by atoms with E-state index in [1.54, 1.807) is 24.3 Å². The van der Waals surface area contributed by atoms with Crippen LogP contribution >= 0.6 is 0 Å². The first-order chi connectivity index (χ1) is 15.9. The average Bonchev–Trinajstić information content (AvgIpc) is 3.53. The Bertz CT molecular complexity index is 1220. The Morgan fingerprint density at radius 2 is 1.97 bits per heavy atom. The van der Waals surface area contributed by atoms with Crippen molar-refractivity contribution < 1.29 is 24.1 Å². The van der Waals surface area contributed by atoms with E-state index in [0.717, 1.165) is 24.2 Å². The highest BCUT2D eigenvalue weighted by atomic mass is 19.1.